The van der Waals surface area contributed by atoms with E-state index in [0.29, 0.717) is 6.04 Å². The van der Waals surface area contributed by atoms with Crippen LogP contribution >= 0.6 is 11.3 Å². The van der Waals surface area contributed by atoms with Crippen LogP contribution in [0, 0.1) is 0 Å². The SMILES string of the molecule is CC(C)Nc1ncc(-c2ccc3nncn3c2)s1. The van der Waals surface area contributed by atoms with Gasteiger partial charge >= 0.3 is 0 Å². The van der Waals surface area contributed by atoms with Crippen LogP contribution in [0.2, 0.25) is 0 Å². The molecular formula is C12H13N5S. The second-order valence-electron chi connectivity index (χ2n) is 4.34. The first-order valence-electron chi connectivity index (χ1n) is 5.74. The van der Waals surface area contributed by atoms with Crippen molar-refractivity contribution in [1.29, 1.82) is 0 Å². The number of hydrogen-bond acceptors (Lipinski definition) is 5. The minimum absolute atomic E-state index is 0.393. The Kier molecular flexibility index (Phi) is 2.71. The zero-order valence-electron chi connectivity index (χ0n) is 10.2. The van der Waals surface area contributed by atoms with Gasteiger partial charge in [0.15, 0.2) is 10.8 Å². The van der Waals surface area contributed by atoms with Crippen molar-refractivity contribution < 1.29 is 0 Å². The van der Waals surface area contributed by atoms with Gasteiger partial charge in [-0.15, -0.1) is 10.2 Å². The lowest BCUT2D eigenvalue weighted by Gasteiger charge is -2.04. The van der Waals surface area contributed by atoms with Gasteiger partial charge in [-0.05, 0) is 26.0 Å². The second-order valence-corrected chi connectivity index (χ2v) is 5.37. The molecule has 5 nitrogen and oxygen atoms in total. The van der Waals surface area contributed by atoms with Gasteiger partial charge in [-0.25, -0.2) is 4.98 Å². The summed E-state index contributed by atoms with van der Waals surface area (Å²) in [6, 6.07) is 4.39. The smallest absolute Gasteiger partial charge is 0.183 e. The molecule has 3 aromatic rings. The molecule has 3 rings (SSSR count). The molecule has 0 saturated heterocycles. The number of thiazole rings is 1. The molecule has 3 heterocycles. The molecule has 18 heavy (non-hydrogen) atoms. The Labute approximate surface area is 109 Å². The Hall–Kier alpha value is -1.95. The number of hydrogen-bond donors (Lipinski definition) is 1. The van der Waals surface area contributed by atoms with E-state index in [-0.39, 0.29) is 0 Å². The molecule has 92 valence electrons. The molecule has 0 atom stereocenters. The predicted molar refractivity (Wildman–Crippen MR) is 72.9 cm³/mol. The molecular weight excluding hydrogens is 246 g/mol. The van der Waals surface area contributed by atoms with Crippen molar-refractivity contribution in [3.63, 3.8) is 0 Å². The van der Waals surface area contributed by atoms with E-state index in [2.05, 4.69) is 34.3 Å². The van der Waals surface area contributed by atoms with Crippen molar-refractivity contribution in [1.82, 2.24) is 19.6 Å². The van der Waals surface area contributed by atoms with Gasteiger partial charge in [-0.3, -0.25) is 4.40 Å². The highest BCUT2D eigenvalue weighted by Gasteiger charge is 2.06. The molecule has 0 fully saturated rings. The van der Waals surface area contributed by atoms with E-state index in [0.717, 1.165) is 21.2 Å². The van der Waals surface area contributed by atoms with Crippen molar-refractivity contribution in [2.24, 2.45) is 0 Å². The summed E-state index contributed by atoms with van der Waals surface area (Å²) in [6.45, 7) is 4.20. The molecule has 0 unspecified atom stereocenters. The molecule has 0 aliphatic rings. The van der Waals surface area contributed by atoms with Crippen LogP contribution in [0.25, 0.3) is 16.1 Å². The highest BCUT2D eigenvalue weighted by Crippen LogP contribution is 2.29. The maximum atomic E-state index is 4.37. The lowest BCUT2D eigenvalue weighted by Crippen LogP contribution is -2.08. The van der Waals surface area contributed by atoms with Gasteiger partial charge in [-0.1, -0.05) is 11.3 Å². The van der Waals surface area contributed by atoms with E-state index in [9.17, 15) is 0 Å². The van der Waals surface area contributed by atoms with Gasteiger partial charge in [0.25, 0.3) is 0 Å². The standard InChI is InChI=1S/C12H13N5S/c1-8(2)15-12-13-5-10(18-12)9-3-4-11-16-14-7-17(11)6-9/h3-8H,1-2H3,(H,13,15). The van der Waals surface area contributed by atoms with Gasteiger partial charge in [0.1, 0.15) is 6.33 Å². The van der Waals surface area contributed by atoms with Gasteiger partial charge in [0.05, 0.1) is 4.88 Å². The fourth-order valence-corrected chi connectivity index (χ4v) is 2.65. The van der Waals surface area contributed by atoms with E-state index in [1.807, 2.05) is 28.9 Å². The van der Waals surface area contributed by atoms with E-state index in [4.69, 9.17) is 0 Å². The fraction of sp³-hybridized carbons (Fsp3) is 0.250. The molecule has 0 amide bonds. The van der Waals surface area contributed by atoms with Crippen LogP contribution in [0.4, 0.5) is 5.13 Å². The van der Waals surface area contributed by atoms with Crippen molar-refractivity contribution in [2.45, 2.75) is 19.9 Å². The molecule has 0 saturated carbocycles. The van der Waals surface area contributed by atoms with Crippen molar-refractivity contribution in [3.05, 3.63) is 30.9 Å². The van der Waals surface area contributed by atoms with Gasteiger partial charge < -0.3 is 5.32 Å². The summed E-state index contributed by atoms with van der Waals surface area (Å²) < 4.78 is 1.91. The second kappa shape index (κ2) is 4.38. The minimum atomic E-state index is 0.393. The summed E-state index contributed by atoms with van der Waals surface area (Å²) in [4.78, 5) is 5.50. The number of nitrogens with zero attached hydrogens (tertiary/aromatic N) is 4. The number of aromatic nitrogens is 4. The monoisotopic (exact) mass is 259 g/mol. The average molecular weight is 259 g/mol. The molecule has 6 heteroatoms. The Balaban J connectivity index is 1.95. The van der Waals surface area contributed by atoms with Crippen LogP contribution in [0.1, 0.15) is 13.8 Å². The summed E-state index contributed by atoms with van der Waals surface area (Å²) in [6.07, 6.45) is 5.61. The normalized spacial score (nSPS) is 11.3. The van der Waals surface area contributed by atoms with E-state index >= 15 is 0 Å². The quantitative estimate of drug-likeness (QED) is 0.785. The maximum Gasteiger partial charge on any atom is 0.183 e. The minimum Gasteiger partial charge on any atom is -0.359 e. The maximum absolute atomic E-state index is 4.37. The summed E-state index contributed by atoms with van der Waals surface area (Å²) >= 11 is 1.65. The third-order valence-corrected chi connectivity index (χ3v) is 3.47. The molecule has 1 N–H and O–H groups in total. The Morgan fingerprint density at radius 3 is 3.06 bits per heavy atom. The van der Waals surface area contributed by atoms with Crippen LogP contribution in [0.3, 0.4) is 0 Å². The van der Waals surface area contributed by atoms with Crippen LogP contribution < -0.4 is 5.32 Å². The van der Waals surface area contributed by atoms with Crippen molar-refractivity contribution >= 4 is 22.1 Å². The molecule has 0 aliphatic carbocycles. The fourth-order valence-electron chi connectivity index (χ4n) is 1.69. The third-order valence-electron chi connectivity index (χ3n) is 2.49. The molecule has 0 spiro atoms. The lowest BCUT2D eigenvalue weighted by atomic mass is 10.2. The molecule has 0 radical (unpaired) electrons. The Morgan fingerprint density at radius 1 is 1.33 bits per heavy atom. The number of pyridine rings is 1. The number of rotatable bonds is 3. The topological polar surface area (TPSA) is 55.1 Å². The third kappa shape index (κ3) is 2.06. The zero-order valence-corrected chi connectivity index (χ0v) is 11.0. The molecule has 0 aliphatic heterocycles. The van der Waals surface area contributed by atoms with Crippen LogP contribution in [-0.2, 0) is 0 Å². The van der Waals surface area contributed by atoms with E-state index in [1.54, 1.807) is 17.7 Å². The van der Waals surface area contributed by atoms with Gasteiger partial charge in [-0.2, -0.15) is 0 Å². The highest BCUT2D eigenvalue weighted by molar-refractivity contribution is 7.18. The number of anilines is 1. The summed E-state index contributed by atoms with van der Waals surface area (Å²) in [5, 5.41) is 12.1. The summed E-state index contributed by atoms with van der Waals surface area (Å²) in [5.74, 6) is 0. The predicted octanol–water partition coefficient (Wildman–Crippen LogP) is 2.67. The average Bonchev–Trinajstić information content (AvgIpc) is 2.95. The van der Waals surface area contributed by atoms with Gasteiger partial charge in [0, 0.05) is 24.0 Å². The summed E-state index contributed by atoms with van der Waals surface area (Å²) in [7, 11) is 0. The molecule has 0 bridgehead atoms. The first-order valence-corrected chi connectivity index (χ1v) is 6.56. The first-order chi connectivity index (χ1) is 8.72. The van der Waals surface area contributed by atoms with Crippen LogP contribution in [-0.4, -0.2) is 25.6 Å². The van der Waals surface area contributed by atoms with Crippen LogP contribution in [0.5, 0.6) is 0 Å². The van der Waals surface area contributed by atoms with Crippen molar-refractivity contribution in [2.75, 3.05) is 5.32 Å². The highest BCUT2D eigenvalue weighted by atomic mass is 32.1. The van der Waals surface area contributed by atoms with E-state index < -0.39 is 0 Å². The van der Waals surface area contributed by atoms with E-state index in [1.165, 1.54) is 0 Å². The van der Waals surface area contributed by atoms with Crippen molar-refractivity contribution in [3.8, 4) is 10.4 Å². The largest absolute Gasteiger partial charge is 0.359 e. The molecule has 3 aromatic heterocycles. The summed E-state index contributed by atoms with van der Waals surface area (Å²) in [5.41, 5.74) is 1.97. The number of fused-ring (bicyclic) bond motifs is 1. The lowest BCUT2D eigenvalue weighted by molar-refractivity contribution is 0.896. The Bertz CT molecular complexity index is 670. The number of nitrogens with one attached hydrogen (secondary N) is 1. The van der Waals surface area contributed by atoms with Crippen LogP contribution in [0.15, 0.2) is 30.9 Å². The first kappa shape index (κ1) is 11.2. The Morgan fingerprint density at radius 2 is 2.22 bits per heavy atom. The molecule has 0 aromatic carbocycles. The van der Waals surface area contributed by atoms with Gasteiger partial charge in [0.2, 0.25) is 0 Å². The zero-order chi connectivity index (χ0) is 12.5.